The Morgan fingerprint density at radius 3 is 2.17 bits per heavy atom. The molecule has 18 heavy (non-hydrogen) atoms. The molecule has 0 aliphatic carbocycles. The normalized spacial score (nSPS) is 13.6. The Kier molecular flexibility index (Phi) is 5.66. The molecule has 0 aliphatic heterocycles. The van der Waals surface area contributed by atoms with Gasteiger partial charge >= 0.3 is 6.18 Å². The lowest BCUT2D eigenvalue weighted by Crippen LogP contribution is -2.05. The zero-order chi connectivity index (χ0) is 13.6. The molecule has 0 amide bonds. The van der Waals surface area contributed by atoms with E-state index in [1.54, 1.807) is 0 Å². The molecule has 0 radical (unpaired) electrons. The fourth-order valence-corrected chi connectivity index (χ4v) is 1.83. The van der Waals surface area contributed by atoms with Gasteiger partial charge in [-0.3, -0.25) is 0 Å². The highest BCUT2D eigenvalue weighted by Gasteiger charge is 2.30. The molecular formula is C14H19F3O. The summed E-state index contributed by atoms with van der Waals surface area (Å²) in [5.74, 6) is 0. The van der Waals surface area contributed by atoms with Crippen molar-refractivity contribution in [3.05, 3.63) is 35.4 Å². The highest BCUT2D eigenvalue weighted by atomic mass is 19.4. The second-order valence-electron chi connectivity index (χ2n) is 4.48. The average Bonchev–Trinajstić information content (AvgIpc) is 2.33. The van der Waals surface area contributed by atoms with Crippen LogP contribution in [0, 0.1) is 0 Å². The van der Waals surface area contributed by atoms with E-state index in [2.05, 4.69) is 6.92 Å². The molecule has 0 aromatic heterocycles. The number of halogens is 3. The van der Waals surface area contributed by atoms with Crippen LogP contribution in [-0.4, -0.2) is 5.11 Å². The molecule has 0 heterocycles. The van der Waals surface area contributed by atoms with Crippen molar-refractivity contribution >= 4 is 0 Å². The molecule has 1 rings (SSSR count). The summed E-state index contributed by atoms with van der Waals surface area (Å²) in [7, 11) is 0. The van der Waals surface area contributed by atoms with E-state index < -0.39 is 17.8 Å². The topological polar surface area (TPSA) is 20.2 Å². The number of alkyl halides is 3. The first-order valence-electron chi connectivity index (χ1n) is 6.30. The van der Waals surface area contributed by atoms with Crippen molar-refractivity contribution in [1.29, 1.82) is 0 Å². The van der Waals surface area contributed by atoms with E-state index in [0.717, 1.165) is 37.8 Å². The standard InChI is InChI=1S/C14H19F3O/c1-2-3-4-5-6-13(18)11-7-9-12(10-8-11)14(15,16)17/h7-10,13,18H,2-6H2,1H3. The van der Waals surface area contributed by atoms with Gasteiger partial charge in [-0.25, -0.2) is 0 Å². The minimum atomic E-state index is -4.31. The lowest BCUT2D eigenvalue weighted by Gasteiger charge is -2.12. The Balaban J connectivity index is 2.51. The van der Waals surface area contributed by atoms with Gasteiger partial charge in [0, 0.05) is 0 Å². The van der Waals surface area contributed by atoms with Crippen molar-refractivity contribution in [2.45, 2.75) is 51.3 Å². The van der Waals surface area contributed by atoms with Crippen LogP contribution in [-0.2, 0) is 6.18 Å². The number of rotatable bonds is 6. The van der Waals surface area contributed by atoms with Crippen LogP contribution in [0.2, 0.25) is 0 Å². The third-order valence-corrected chi connectivity index (χ3v) is 2.95. The SMILES string of the molecule is CCCCCCC(O)c1ccc(C(F)(F)F)cc1. The van der Waals surface area contributed by atoms with Crippen molar-refractivity contribution in [3.63, 3.8) is 0 Å². The van der Waals surface area contributed by atoms with Crippen molar-refractivity contribution < 1.29 is 18.3 Å². The molecule has 102 valence electrons. The van der Waals surface area contributed by atoms with Gasteiger partial charge in [-0.05, 0) is 24.1 Å². The molecular weight excluding hydrogens is 241 g/mol. The number of aliphatic hydroxyl groups is 1. The van der Waals surface area contributed by atoms with Crippen molar-refractivity contribution in [2.24, 2.45) is 0 Å². The molecule has 0 bridgehead atoms. The average molecular weight is 260 g/mol. The molecule has 0 saturated heterocycles. The first-order valence-corrected chi connectivity index (χ1v) is 6.30. The molecule has 1 aromatic carbocycles. The predicted octanol–water partition coefficient (Wildman–Crippen LogP) is 4.71. The van der Waals surface area contributed by atoms with Gasteiger partial charge in [0.05, 0.1) is 11.7 Å². The van der Waals surface area contributed by atoms with E-state index in [-0.39, 0.29) is 0 Å². The summed E-state index contributed by atoms with van der Waals surface area (Å²) in [5, 5.41) is 9.83. The maximum atomic E-state index is 12.3. The predicted molar refractivity (Wildman–Crippen MR) is 65.2 cm³/mol. The van der Waals surface area contributed by atoms with E-state index in [1.165, 1.54) is 12.1 Å². The fraction of sp³-hybridized carbons (Fsp3) is 0.571. The van der Waals surface area contributed by atoms with Crippen molar-refractivity contribution in [1.82, 2.24) is 0 Å². The molecule has 0 saturated carbocycles. The van der Waals surface area contributed by atoms with Gasteiger partial charge in [-0.1, -0.05) is 44.7 Å². The van der Waals surface area contributed by atoms with Gasteiger partial charge in [-0.2, -0.15) is 13.2 Å². The number of benzene rings is 1. The first kappa shape index (κ1) is 15.0. The van der Waals surface area contributed by atoms with Crippen LogP contribution >= 0.6 is 0 Å². The molecule has 1 atom stereocenters. The van der Waals surface area contributed by atoms with E-state index in [9.17, 15) is 18.3 Å². The second-order valence-corrected chi connectivity index (χ2v) is 4.48. The van der Waals surface area contributed by atoms with Crippen LogP contribution in [0.25, 0.3) is 0 Å². The van der Waals surface area contributed by atoms with Crippen molar-refractivity contribution in [3.8, 4) is 0 Å². The molecule has 1 N–H and O–H groups in total. The van der Waals surface area contributed by atoms with Crippen LogP contribution < -0.4 is 0 Å². The largest absolute Gasteiger partial charge is 0.416 e. The monoisotopic (exact) mass is 260 g/mol. The Bertz CT molecular complexity index is 343. The Morgan fingerprint density at radius 2 is 1.67 bits per heavy atom. The summed E-state index contributed by atoms with van der Waals surface area (Å²) < 4.78 is 37.0. The third kappa shape index (κ3) is 4.69. The molecule has 1 unspecified atom stereocenters. The van der Waals surface area contributed by atoms with Crippen molar-refractivity contribution in [2.75, 3.05) is 0 Å². The quantitative estimate of drug-likeness (QED) is 0.734. The fourth-order valence-electron chi connectivity index (χ4n) is 1.83. The van der Waals surface area contributed by atoms with Crippen LogP contribution in [0.15, 0.2) is 24.3 Å². The van der Waals surface area contributed by atoms with E-state index in [0.29, 0.717) is 12.0 Å². The molecule has 0 fully saturated rings. The Morgan fingerprint density at radius 1 is 1.06 bits per heavy atom. The highest BCUT2D eigenvalue weighted by Crippen LogP contribution is 2.30. The van der Waals surface area contributed by atoms with Gasteiger partial charge in [0.15, 0.2) is 0 Å². The minimum absolute atomic E-state index is 0.555. The molecule has 1 aromatic rings. The van der Waals surface area contributed by atoms with Gasteiger partial charge in [0.25, 0.3) is 0 Å². The van der Waals surface area contributed by atoms with E-state index in [1.807, 2.05) is 0 Å². The summed E-state index contributed by atoms with van der Waals surface area (Å²) in [5.41, 5.74) is -0.121. The Hall–Kier alpha value is -1.03. The van der Waals surface area contributed by atoms with E-state index in [4.69, 9.17) is 0 Å². The molecule has 0 aliphatic rings. The van der Waals surface area contributed by atoms with Crippen LogP contribution in [0.1, 0.15) is 56.3 Å². The van der Waals surface area contributed by atoms with Crippen LogP contribution in [0.5, 0.6) is 0 Å². The highest BCUT2D eigenvalue weighted by molar-refractivity contribution is 5.25. The Labute approximate surface area is 106 Å². The zero-order valence-electron chi connectivity index (χ0n) is 10.5. The lowest BCUT2D eigenvalue weighted by atomic mass is 10.0. The minimum Gasteiger partial charge on any atom is -0.388 e. The molecule has 0 spiro atoms. The number of unbranched alkanes of at least 4 members (excludes halogenated alkanes) is 3. The summed E-state index contributed by atoms with van der Waals surface area (Å²) in [6, 6.07) is 4.75. The third-order valence-electron chi connectivity index (χ3n) is 2.95. The maximum absolute atomic E-state index is 12.3. The van der Waals surface area contributed by atoms with Gasteiger partial charge in [0.2, 0.25) is 0 Å². The molecule has 4 heteroatoms. The number of aliphatic hydroxyl groups excluding tert-OH is 1. The maximum Gasteiger partial charge on any atom is 0.416 e. The summed E-state index contributed by atoms with van der Waals surface area (Å²) >= 11 is 0. The van der Waals surface area contributed by atoms with Gasteiger partial charge < -0.3 is 5.11 Å². The van der Waals surface area contributed by atoms with Crippen LogP contribution in [0.3, 0.4) is 0 Å². The van der Waals surface area contributed by atoms with Crippen LogP contribution in [0.4, 0.5) is 13.2 Å². The summed E-state index contributed by atoms with van der Waals surface area (Å²) in [6.45, 7) is 2.10. The number of hydrogen-bond acceptors (Lipinski definition) is 1. The van der Waals surface area contributed by atoms with Gasteiger partial charge in [0.1, 0.15) is 0 Å². The summed E-state index contributed by atoms with van der Waals surface area (Å²) in [4.78, 5) is 0. The lowest BCUT2D eigenvalue weighted by molar-refractivity contribution is -0.137. The second kappa shape index (κ2) is 6.78. The smallest absolute Gasteiger partial charge is 0.388 e. The van der Waals surface area contributed by atoms with E-state index >= 15 is 0 Å². The summed E-state index contributed by atoms with van der Waals surface area (Å²) in [6.07, 6.45) is -0.180. The van der Waals surface area contributed by atoms with Gasteiger partial charge in [-0.15, -0.1) is 0 Å². The zero-order valence-corrected chi connectivity index (χ0v) is 10.5. The number of hydrogen-bond donors (Lipinski definition) is 1. The molecule has 1 nitrogen and oxygen atoms in total. The first-order chi connectivity index (χ1) is 8.45.